The summed E-state index contributed by atoms with van der Waals surface area (Å²) in [6.07, 6.45) is 0. The summed E-state index contributed by atoms with van der Waals surface area (Å²) in [5, 5.41) is 15.5. The SMILES string of the molecule is Cc1ccc(S(N)(=O)=O)c(N)c1[N+](=O)[O-]. The Kier molecular flexibility index (Phi) is 2.65. The molecular weight excluding hydrogens is 222 g/mol. The van der Waals surface area contributed by atoms with Gasteiger partial charge in [-0.15, -0.1) is 0 Å². The number of sulfonamides is 1. The quantitative estimate of drug-likeness (QED) is 0.424. The van der Waals surface area contributed by atoms with E-state index in [-0.39, 0.29) is 5.56 Å². The summed E-state index contributed by atoms with van der Waals surface area (Å²) >= 11 is 0. The van der Waals surface area contributed by atoms with Crippen LogP contribution in [0.5, 0.6) is 0 Å². The van der Waals surface area contributed by atoms with Crippen LogP contribution in [0.25, 0.3) is 0 Å². The second-order valence-corrected chi connectivity index (χ2v) is 4.47. The van der Waals surface area contributed by atoms with E-state index in [2.05, 4.69) is 0 Å². The molecule has 0 unspecified atom stereocenters. The minimum Gasteiger partial charge on any atom is -0.392 e. The third kappa shape index (κ3) is 2.05. The Morgan fingerprint density at radius 3 is 2.33 bits per heavy atom. The molecule has 1 rings (SSSR count). The maximum absolute atomic E-state index is 11.0. The average molecular weight is 231 g/mol. The van der Waals surface area contributed by atoms with E-state index in [1.54, 1.807) is 0 Å². The number of nitro benzene ring substituents is 1. The van der Waals surface area contributed by atoms with Gasteiger partial charge in [-0.25, -0.2) is 13.6 Å². The fourth-order valence-corrected chi connectivity index (χ4v) is 1.85. The molecule has 0 saturated carbocycles. The highest BCUT2D eigenvalue weighted by molar-refractivity contribution is 7.89. The van der Waals surface area contributed by atoms with Crippen molar-refractivity contribution in [3.63, 3.8) is 0 Å². The molecule has 0 fully saturated rings. The van der Waals surface area contributed by atoms with Crippen molar-refractivity contribution in [3.05, 3.63) is 27.8 Å². The van der Waals surface area contributed by atoms with Gasteiger partial charge >= 0.3 is 0 Å². The van der Waals surface area contributed by atoms with Gasteiger partial charge in [0.2, 0.25) is 10.0 Å². The van der Waals surface area contributed by atoms with Crippen LogP contribution in [0, 0.1) is 17.0 Å². The highest BCUT2D eigenvalue weighted by Gasteiger charge is 2.23. The molecule has 4 N–H and O–H groups in total. The number of nitro groups is 1. The van der Waals surface area contributed by atoms with Gasteiger partial charge in [-0.3, -0.25) is 10.1 Å². The number of nitrogens with zero attached hydrogens (tertiary/aromatic N) is 1. The Bertz CT molecular complexity index is 523. The minimum atomic E-state index is -4.04. The highest BCUT2D eigenvalue weighted by atomic mass is 32.2. The largest absolute Gasteiger partial charge is 0.392 e. The van der Waals surface area contributed by atoms with Crippen molar-refractivity contribution in [1.29, 1.82) is 0 Å². The predicted molar refractivity (Wildman–Crippen MR) is 53.6 cm³/mol. The molecule has 0 saturated heterocycles. The molecule has 0 radical (unpaired) electrons. The predicted octanol–water partition coefficient (Wildman–Crippen LogP) is 0.133. The van der Waals surface area contributed by atoms with E-state index in [1.807, 2.05) is 0 Å². The third-order valence-electron chi connectivity index (χ3n) is 1.87. The first-order chi connectivity index (χ1) is 6.75. The van der Waals surface area contributed by atoms with Gasteiger partial charge in [0.15, 0.2) is 0 Å². The van der Waals surface area contributed by atoms with Gasteiger partial charge < -0.3 is 5.73 Å². The average Bonchev–Trinajstić information content (AvgIpc) is 2.00. The molecule has 15 heavy (non-hydrogen) atoms. The molecule has 0 amide bonds. The van der Waals surface area contributed by atoms with E-state index in [9.17, 15) is 18.5 Å². The maximum Gasteiger partial charge on any atom is 0.296 e. The van der Waals surface area contributed by atoms with Crippen LogP contribution >= 0.6 is 0 Å². The first-order valence-corrected chi connectivity index (χ1v) is 5.36. The van der Waals surface area contributed by atoms with Crippen LogP contribution in [0.4, 0.5) is 11.4 Å². The lowest BCUT2D eigenvalue weighted by molar-refractivity contribution is -0.384. The van der Waals surface area contributed by atoms with E-state index in [0.29, 0.717) is 0 Å². The van der Waals surface area contributed by atoms with Gasteiger partial charge in [0, 0.05) is 5.56 Å². The van der Waals surface area contributed by atoms with Gasteiger partial charge in [0.1, 0.15) is 10.6 Å². The lowest BCUT2D eigenvalue weighted by Gasteiger charge is -2.05. The lowest BCUT2D eigenvalue weighted by atomic mass is 10.2. The van der Waals surface area contributed by atoms with Gasteiger partial charge in [0.25, 0.3) is 5.69 Å². The third-order valence-corrected chi connectivity index (χ3v) is 2.84. The maximum atomic E-state index is 11.0. The Morgan fingerprint density at radius 2 is 1.93 bits per heavy atom. The number of primary sulfonamides is 1. The molecule has 1 aromatic carbocycles. The molecule has 0 aliphatic rings. The zero-order valence-corrected chi connectivity index (χ0v) is 8.61. The van der Waals surface area contributed by atoms with Crippen molar-refractivity contribution in [3.8, 4) is 0 Å². The van der Waals surface area contributed by atoms with E-state index in [1.165, 1.54) is 13.0 Å². The molecule has 0 aromatic heterocycles. The Hall–Kier alpha value is -1.67. The zero-order chi connectivity index (χ0) is 11.8. The molecule has 7 nitrogen and oxygen atoms in total. The molecule has 1 aromatic rings. The number of aryl methyl sites for hydroxylation is 1. The summed E-state index contributed by atoms with van der Waals surface area (Å²) in [5.41, 5.74) is 4.80. The molecule has 0 bridgehead atoms. The fourth-order valence-electron chi connectivity index (χ4n) is 1.19. The van der Waals surface area contributed by atoms with Crippen molar-refractivity contribution >= 4 is 21.4 Å². The van der Waals surface area contributed by atoms with E-state index in [4.69, 9.17) is 10.9 Å². The summed E-state index contributed by atoms with van der Waals surface area (Å²) in [6.45, 7) is 1.46. The van der Waals surface area contributed by atoms with Crippen molar-refractivity contribution in [2.24, 2.45) is 5.14 Å². The Morgan fingerprint density at radius 1 is 1.40 bits per heavy atom. The zero-order valence-electron chi connectivity index (χ0n) is 7.80. The monoisotopic (exact) mass is 231 g/mol. The molecule has 0 heterocycles. The van der Waals surface area contributed by atoms with Crippen LogP contribution < -0.4 is 10.9 Å². The second kappa shape index (κ2) is 3.48. The van der Waals surface area contributed by atoms with E-state index < -0.39 is 31.2 Å². The van der Waals surface area contributed by atoms with E-state index >= 15 is 0 Å². The summed E-state index contributed by atoms with van der Waals surface area (Å²) in [4.78, 5) is 9.44. The van der Waals surface area contributed by atoms with Crippen molar-refractivity contribution in [2.75, 3.05) is 5.73 Å². The van der Waals surface area contributed by atoms with Crippen LogP contribution in [-0.4, -0.2) is 13.3 Å². The number of nitrogens with two attached hydrogens (primary N) is 2. The highest BCUT2D eigenvalue weighted by Crippen LogP contribution is 2.30. The molecule has 0 aliphatic carbocycles. The Labute approximate surface area is 85.9 Å². The molecular formula is C7H9N3O4S. The van der Waals surface area contributed by atoms with Crippen molar-refractivity contribution in [1.82, 2.24) is 0 Å². The number of hydrogen-bond donors (Lipinski definition) is 2. The van der Waals surface area contributed by atoms with Crippen LogP contribution in [0.2, 0.25) is 0 Å². The molecule has 0 aliphatic heterocycles. The van der Waals surface area contributed by atoms with Crippen LogP contribution in [0.15, 0.2) is 17.0 Å². The van der Waals surface area contributed by atoms with Gasteiger partial charge in [0.05, 0.1) is 4.92 Å². The van der Waals surface area contributed by atoms with Crippen LogP contribution in [0.3, 0.4) is 0 Å². The normalized spacial score (nSPS) is 11.3. The summed E-state index contributed by atoms with van der Waals surface area (Å²) in [5.74, 6) is 0. The van der Waals surface area contributed by atoms with Crippen LogP contribution in [-0.2, 0) is 10.0 Å². The van der Waals surface area contributed by atoms with E-state index in [0.717, 1.165) is 6.07 Å². The fraction of sp³-hybridized carbons (Fsp3) is 0.143. The standard InChI is InChI=1S/C7H9N3O4S/c1-4-2-3-5(15(9,13)14)6(8)7(4)10(11)12/h2-3H,8H2,1H3,(H2,9,13,14). The number of nitrogen functional groups attached to an aromatic ring is 1. The summed E-state index contributed by atoms with van der Waals surface area (Å²) in [7, 11) is -4.04. The van der Waals surface area contributed by atoms with Crippen molar-refractivity contribution < 1.29 is 13.3 Å². The van der Waals surface area contributed by atoms with Gasteiger partial charge in [-0.2, -0.15) is 0 Å². The summed E-state index contributed by atoms with van der Waals surface area (Å²) in [6, 6.07) is 2.43. The lowest BCUT2D eigenvalue weighted by Crippen LogP contribution is -2.15. The molecule has 82 valence electrons. The van der Waals surface area contributed by atoms with Gasteiger partial charge in [-0.05, 0) is 13.0 Å². The molecule has 0 atom stereocenters. The first kappa shape index (κ1) is 11.4. The number of hydrogen-bond acceptors (Lipinski definition) is 5. The summed E-state index contributed by atoms with van der Waals surface area (Å²) < 4.78 is 22.0. The van der Waals surface area contributed by atoms with Crippen LogP contribution in [0.1, 0.15) is 5.56 Å². The topological polar surface area (TPSA) is 129 Å². The smallest absolute Gasteiger partial charge is 0.296 e. The number of rotatable bonds is 2. The number of anilines is 1. The molecule has 8 heteroatoms. The minimum absolute atomic E-state index is 0.282. The Balaban J connectivity index is 3.64. The van der Waals surface area contributed by atoms with Crippen molar-refractivity contribution in [2.45, 2.75) is 11.8 Å². The second-order valence-electron chi connectivity index (χ2n) is 2.94. The van der Waals surface area contributed by atoms with Gasteiger partial charge in [-0.1, -0.05) is 6.07 Å². The number of benzene rings is 1. The molecule has 0 spiro atoms. The first-order valence-electron chi connectivity index (χ1n) is 3.81.